The number of H-pyrrole nitrogens is 1. The zero-order chi connectivity index (χ0) is 31.0. The van der Waals surface area contributed by atoms with E-state index in [9.17, 15) is 32.9 Å². The van der Waals surface area contributed by atoms with E-state index in [1.54, 1.807) is 17.2 Å². The van der Waals surface area contributed by atoms with Crippen LogP contribution in [0, 0.1) is 17.0 Å². The van der Waals surface area contributed by atoms with Crippen molar-refractivity contribution >= 4 is 28.8 Å². The molecular formula is C30H35F3N6O4. The molecule has 2 heterocycles. The molecule has 0 radical (unpaired) electrons. The highest BCUT2D eigenvalue weighted by Crippen LogP contribution is 2.38. The monoisotopic (exact) mass is 600 g/mol. The first-order chi connectivity index (χ1) is 20.5. The summed E-state index contributed by atoms with van der Waals surface area (Å²) in [5.41, 5.74) is 0.922. The fraction of sp³-hybridized carbons (Fsp3) is 0.400. The van der Waals surface area contributed by atoms with Gasteiger partial charge in [0, 0.05) is 67.6 Å². The van der Waals surface area contributed by atoms with Crippen molar-refractivity contribution in [2.75, 3.05) is 41.7 Å². The summed E-state index contributed by atoms with van der Waals surface area (Å²) in [4.78, 5) is 39.8. The predicted octanol–water partition coefficient (Wildman–Crippen LogP) is 6.40. The summed E-state index contributed by atoms with van der Waals surface area (Å²) in [7, 11) is 0. The smallest absolute Gasteiger partial charge is 0.382 e. The third-order valence-electron chi connectivity index (χ3n) is 7.47. The van der Waals surface area contributed by atoms with E-state index in [-0.39, 0.29) is 23.3 Å². The summed E-state index contributed by atoms with van der Waals surface area (Å²) < 4.78 is 38.5. The van der Waals surface area contributed by atoms with Gasteiger partial charge in [-0.2, -0.15) is 13.2 Å². The number of anilines is 3. The number of halogens is 3. The number of aryl methyl sites for hydroxylation is 1. The summed E-state index contributed by atoms with van der Waals surface area (Å²) in [6.07, 6.45) is 2.00. The van der Waals surface area contributed by atoms with Crippen LogP contribution in [0.1, 0.15) is 43.2 Å². The lowest BCUT2D eigenvalue weighted by molar-refractivity contribution is -0.388. The molecule has 5 rings (SSSR count). The Bertz CT molecular complexity index is 1450. The van der Waals surface area contributed by atoms with Crippen LogP contribution in [0.25, 0.3) is 0 Å². The Morgan fingerprint density at radius 1 is 0.953 bits per heavy atom. The largest absolute Gasteiger partial charge is 0.423 e. The minimum atomic E-state index is -4.73. The Balaban J connectivity index is 0.000000199. The molecule has 230 valence electrons. The van der Waals surface area contributed by atoms with Crippen molar-refractivity contribution in [3.8, 4) is 0 Å². The van der Waals surface area contributed by atoms with Crippen LogP contribution < -0.4 is 21.1 Å². The quantitative estimate of drug-likeness (QED) is 0.230. The van der Waals surface area contributed by atoms with Crippen molar-refractivity contribution < 1.29 is 22.9 Å². The van der Waals surface area contributed by atoms with Gasteiger partial charge in [-0.15, -0.1) is 0 Å². The van der Waals surface area contributed by atoms with Gasteiger partial charge in [0.05, 0.1) is 4.92 Å². The van der Waals surface area contributed by atoms with Gasteiger partial charge >= 0.3 is 12.2 Å². The Kier molecular flexibility index (Phi) is 10.3. The van der Waals surface area contributed by atoms with Crippen molar-refractivity contribution in [1.29, 1.82) is 0 Å². The van der Waals surface area contributed by atoms with Crippen LogP contribution in [-0.4, -0.2) is 53.1 Å². The number of carbonyl (C=O) groups is 1. The molecule has 3 aromatic rings. The zero-order valence-corrected chi connectivity index (χ0v) is 23.8. The van der Waals surface area contributed by atoms with Gasteiger partial charge in [0.2, 0.25) is 5.56 Å². The summed E-state index contributed by atoms with van der Waals surface area (Å²) in [6.45, 7) is 4.70. The fourth-order valence-corrected chi connectivity index (χ4v) is 5.13. The molecule has 3 N–H and O–H groups in total. The second-order valence-electron chi connectivity index (χ2n) is 10.6. The number of benzene rings is 2. The fourth-order valence-electron chi connectivity index (χ4n) is 5.13. The van der Waals surface area contributed by atoms with Crippen LogP contribution in [0.2, 0.25) is 0 Å². The number of aromatic amines is 1. The van der Waals surface area contributed by atoms with Crippen LogP contribution >= 0.6 is 0 Å². The molecule has 13 heteroatoms. The highest BCUT2D eigenvalue weighted by molar-refractivity contribution is 5.89. The van der Waals surface area contributed by atoms with Crippen LogP contribution in [0.5, 0.6) is 0 Å². The molecule has 1 saturated carbocycles. The Hall–Kier alpha value is -4.55. The summed E-state index contributed by atoms with van der Waals surface area (Å²) >= 11 is 0. The lowest BCUT2D eigenvalue weighted by Gasteiger charge is -2.35. The van der Waals surface area contributed by atoms with E-state index in [0.717, 1.165) is 61.2 Å². The molecule has 0 bridgehead atoms. The molecule has 0 atom stereocenters. The molecule has 0 spiro atoms. The number of amides is 2. The first-order valence-electron chi connectivity index (χ1n) is 14.2. The number of rotatable bonds is 5. The van der Waals surface area contributed by atoms with Gasteiger partial charge in [-0.1, -0.05) is 37.0 Å². The van der Waals surface area contributed by atoms with Crippen molar-refractivity contribution in [3.05, 3.63) is 92.4 Å². The van der Waals surface area contributed by atoms with E-state index in [2.05, 4.69) is 20.5 Å². The van der Waals surface area contributed by atoms with Crippen LogP contribution in [-0.2, 0) is 6.18 Å². The topological polar surface area (TPSA) is 124 Å². The average molecular weight is 601 g/mol. The second-order valence-corrected chi connectivity index (χ2v) is 10.6. The SMILES string of the molecule is Cc1ccc(NC(=O)N2CCN(c3cc[nH]c(=O)c3)CC2)cc1.O=[N+]([O-])c1ccc(NC2CCCCC2)cc1C(F)(F)F. The minimum absolute atomic E-state index is 0.0839. The minimum Gasteiger partial charge on any atom is -0.382 e. The summed E-state index contributed by atoms with van der Waals surface area (Å²) in [5, 5.41) is 16.6. The number of carbonyl (C=O) groups excluding carboxylic acids is 1. The number of urea groups is 1. The number of nitrogens with zero attached hydrogens (tertiary/aromatic N) is 3. The summed E-state index contributed by atoms with van der Waals surface area (Å²) in [5.74, 6) is 0. The number of aromatic nitrogens is 1. The number of nitro benzene ring substituents is 1. The Labute approximate surface area is 247 Å². The molecular weight excluding hydrogens is 565 g/mol. The van der Waals surface area contributed by atoms with Gasteiger partial charge < -0.3 is 25.4 Å². The number of piperazine rings is 1. The highest BCUT2D eigenvalue weighted by atomic mass is 19.4. The zero-order valence-electron chi connectivity index (χ0n) is 23.8. The van der Waals surface area contributed by atoms with Crippen molar-refractivity contribution in [2.45, 2.75) is 51.2 Å². The number of nitrogens with one attached hydrogen (secondary N) is 3. The number of nitro groups is 1. The summed E-state index contributed by atoms with van der Waals surface area (Å²) in [6, 6.07) is 14.3. The second kappa shape index (κ2) is 14.1. The molecule has 43 heavy (non-hydrogen) atoms. The Morgan fingerprint density at radius 2 is 1.60 bits per heavy atom. The molecule has 2 aromatic carbocycles. The van der Waals surface area contributed by atoms with E-state index < -0.39 is 22.4 Å². The number of pyridine rings is 1. The van der Waals surface area contributed by atoms with Gasteiger partial charge in [-0.25, -0.2) is 4.79 Å². The van der Waals surface area contributed by atoms with Gasteiger partial charge in [-0.3, -0.25) is 14.9 Å². The van der Waals surface area contributed by atoms with Crippen LogP contribution in [0.15, 0.2) is 65.6 Å². The average Bonchev–Trinajstić information content (AvgIpc) is 2.99. The van der Waals surface area contributed by atoms with E-state index >= 15 is 0 Å². The predicted molar refractivity (Wildman–Crippen MR) is 160 cm³/mol. The third-order valence-corrected chi connectivity index (χ3v) is 7.47. The maximum atomic E-state index is 12.8. The number of hydrogen-bond donors (Lipinski definition) is 3. The van der Waals surface area contributed by atoms with E-state index in [4.69, 9.17) is 0 Å². The van der Waals surface area contributed by atoms with Gasteiger partial charge in [0.1, 0.15) is 5.56 Å². The lowest BCUT2D eigenvalue weighted by atomic mass is 9.95. The standard InChI is InChI=1S/C17H20N4O2.C13H15F3N2O2/c1-13-2-4-14(5-3-13)19-17(23)21-10-8-20(9-11-21)15-6-7-18-16(22)12-15;14-13(15,16)11-8-10(6-7-12(11)18(19)20)17-9-4-2-1-3-5-9/h2-7,12H,8-11H2,1H3,(H,18,22)(H,19,23);6-9,17H,1-5H2. The van der Waals surface area contributed by atoms with Crippen LogP contribution in [0.3, 0.4) is 0 Å². The van der Waals surface area contributed by atoms with Crippen molar-refractivity contribution in [3.63, 3.8) is 0 Å². The van der Waals surface area contributed by atoms with Gasteiger partial charge in [0.15, 0.2) is 0 Å². The van der Waals surface area contributed by atoms with E-state index in [0.29, 0.717) is 26.2 Å². The highest BCUT2D eigenvalue weighted by Gasteiger charge is 2.38. The van der Waals surface area contributed by atoms with Crippen molar-refractivity contribution in [1.82, 2.24) is 9.88 Å². The maximum Gasteiger partial charge on any atom is 0.423 e. The molecule has 1 aliphatic carbocycles. The molecule has 1 aliphatic heterocycles. The molecule has 1 saturated heterocycles. The molecule has 2 amide bonds. The first kappa shape index (κ1) is 31.4. The molecule has 0 unspecified atom stereocenters. The van der Waals surface area contributed by atoms with E-state index in [1.165, 1.54) is 6.07 Å². The van der Waals surface area contributed by atoms with Crippen molar-refractivity contribution in [2.24, 2.45) is 0 Å². The third kappa shape index (κ3) is 8.97. The number of hydrogen-bond acceptors (Lipinski definition) is 6. The Morgan fingerprint density at radius 3 is 2.21 bits per heavy atom. The normalized spacial score (nSPS) is 15.7. The molecule has 10 nitrogen and oxygen atoms in total. The molecule has 2 fully saturated rings. The molecule has 1 aromatic heterocycles. The van der Waals surface area contributed by atoms with Gasteiger partial charge in [-0.05, 0) is 50.1 Å². The number of alkyl halides is 3. The van der Waals surface area contributed by atoms with E-state index in [1.807, 2.05) is 37.3 Å². The maximum absolute atomic E-state index is 12.8. The van der Waals surface area contributed by atoms with Crippen LogP contribution in [0.4, 0.5) is 40.7 Å². The first-order valence-corrected chi connectivity index (χ1v) is 14.2. The molecule has 2 aliphatic rings. The lowest BCUT2D eigenvalue weighted by Crippen LogP contribution is -2.50. The van der Waals surface area contributed by atoms with Gasteiger partial charge in [0.25, 0.3) is 5.69 Å².